The van der Waals surface area contributed by atoms with Gasteiger partial charge in [-0.15, -0.1) is 0 Å². The maximum atomic E-state index is 11.4. The van der Waals surface area contributed by atoms with E-state index in [-0.39, 0.29) is 54.7 Å². The number of nitrogens with zero attached hydrogens (tertiary/aromatic N) is 1. The standard InChI is InChI=1S/C19H16O2.C17H14O2.C16H14O3.C15H15NO2.C15H14O4.C13H10O3.C11H12O3.C10H10O2.C9H8O2/c1-2-19(20)21-13-18-16-9-5-3-7-14(16)11-12-15-8-4-6-10-17(15)18;1-2-17(18)19-11-16-14-9-5-3-7-12(14)13-8-4-6-10-15(13)16;1-3-16(18)19-15-7-6-13-9-12(8-11(2)17)4-5-14(13)10-15;1-4-15(17)18-14-10-9-13(16(2)3)11-7-5-6-8-12(11)14;1-3-15(16)19-14-7-5-11-8-13(18-10-17-2)6-4-12(11)9-14;1-2-13(15)16-12-6-4-9-7-11(14)5-3-10(9)8-12;1-2-11(12)14-9-8-13-10-6-4-3-5-7-10;1-8(2)10(11)12-9-6-4-3-5-7-9;1-2-9(10)11-8-6-4-3-5-7-8/h2-12,18H,1,13H2;2-10,16H,1,11H2;3-7,9-10H,1,8H2,2H3;4-10H,1H2,2-3H3;3-9H,1,10H2,2H3;2-8,14H,1H2;2-7H,1,8-9H2;3-7H,1H2,2H3;2-7H,1H2. The van der Waals surface area contributed by atoms with E-state index in [1.807, 2.05) is 189 Å². The molecule has 0 amide bonds. The predicted molar refractivity (Wildman–Crippen MR) is 584 cm³/mol. The molecule has 1 N–H and O–H groups in total. The molecule has 0 spiro atoms. The Morgan fingerprint density at radius 2 is 0.678 bits per heavy atom. The number of hydrogen-bond acceptors (Lipinski definition) is 24. The van der Waals surface area contributed by atoms with E-state index >= 15 is 0 Å². The van der Waals surface area contributed by atoms with E-state index in [1.54, 1.807) is 136 Å². The molecule has 0 aliphatic heterocycles. The SMILES string of the molecule is C=C(C)C(=O)Oc1ccccc1.C=CC(=O)OCC1c2ccccc2-c2ccccc21.C=CC(=O)OCC1c2ccccc2C=Cc2ccccc21.C=CC(=O)OCCOc1ccccc1.C=CC(=O)Oc1ccc(N(C)C)c2ccccc12.C=CC(=O)Oc1ccc2cc(CC(C)=O)ccc2c1.C=CC(=O)Oc1ccc2cc(O)ccc2c1.C=CC(=O)Oc1ccc2cc(OCOC)ccc2c1.C=CC(=O)Oc1ccccc1. The van der Waals surface area contributed by atoms with Gasteiger partial charge in [0.15, 0.2) is 6.79 Å². The minimum atomic E-state index is -0.488. The van der Waals surface area contributed by atoms with Crippen molar-refractivity contribution in [2.75, 3.05) is 59.3 Å². The lowest BCUT2D eigenvalue weighted by atomic mass is 9.88. The molecule has 0 saturated heterocycles. The summed E-state index contributed by atoms with van der Waals surface area (Å²) >= 11 is 0. The van der Waals surface area contributed by atoms with Crippen molar-refractivity contribution >= 4 is 120 Å². The van der Waals surface area contributed by atoms with Crippen LogP contribution >= 0.6 is 0 Å². The molecule has 0 aromatic heterocycles. The highest BCUT2D eigenvalue weighted by Gasteiger charge is 2.29. The Kier molecular flexibility index (Phi) is 45.9. The number of carbonyl (C=O) groups is 10. The van der Waals surface area contributed by atoms with Gasteiger partial charge in [-0.2, -0.15) is 0 Å². The van der Waals surface area contributed by atoms with Gasteiger partial charge in [0.25, 0.3) is 0 Å². The van der Waals surface area contributed by atoms with E-state index in [0.717, 1.165) is 113 Å². The first kappa shape index (κ1) is 113. The summed E-state index contributed by atoms with van der Waals surface area (Å²) in [6.45, 7) is 35.0. The molecule has 0 fully saturated rings. The van der Waals surface area contributed by atoms with Gasteiger partial charge in [-0.1, -0.05) is 296 Å². The van der Waals surface area contributed by atoms with Crippen LogP contribution in [0.5, 0.6) is 51.7 Å². The maximum absolute atomic E-state index is 11.4. The van der Waals surface area contributed by atoms with Crippen LogP contribution in [0.4, 0.5) is 5.69 Å². The summed E-state index contributed by atoms with van der Waals surface area (Å²) in [5.74, 6) is 1.18. The van der Waals surface area contributed by atoms with Crippen molar-refractivity contribution in [1.29, 1.82) is 0 Å². The Hall–Kier alpha value is -19.2. The molecular weight excluding hydrogens is 1880 g/mol. The number of ketones is 1. The Labute approximate surface area is 865 Å². The van der Waals surface area contributed by atoms with E-state index in [0.29, 0.717) is 66.3 Å². The van der Waals surface area contributed by atoms with E-state index < -0.39 is 35.8 Å². The Bertz CT molecular complexity index is 7210. The first-order valence-electron chi connectivity index (χ1n) is 46.5. The maximum Gasteiger partial charge on any atom is 0.338 e. The summed E-state index contributed by atoms with van der Waals surface area (Å²) in [6, 6.07) is 104. The molecule has 756 valence electrons. The fraction of sp³-hybridized carbons (Fsp3) is 0.104. The van der Waals surface area contributed by atoms with E-state index in [4.69, 9.17) is 56.8 Å². The average molecular weight is 2000 g/mol. The molecule has 2 aliphatic carbocycles. The summed E-state index contributed by atoms with van der Waals surface area (Å²) in [7, 11) is 5.54. The van der Waals surface area contributed by atoms with Crippen LogP contribution in [0.25, 0.3) is 66.4 Å². The number of ether oxygens (including phenoxy) is 12. The first-order chi connectivity index (χ1) is 72.1. The van der Waals surface area contributed by atoms with Crippen molar-refractivity contribution in [3.8, 4) is 62.9 Å². The number of aromatic hydroxyl groups is 1. The number of phenolic OH excluding ortho intramolecular Hbond substituents is 1. The Morgan fingerprint density at radius 3 is 1.12 bits per heavy atom. The van der Waals surface area contributed by atoms with Crippen LogP contribution in [0.15, 0.2) is 447 Å². The summed E-state index contributed by atoms with van der Waals surface area (Å²) in [6.07, 6.45) is 13.9. The third-order valence-corrected chi connectivity index (χ3v) is 21.3. The highest BCUT2D eigenvalue weighted by molar-refractivity contribution is 6.00. The fourth-order valence-corrected chi connectivity index (χ4v) is 14.4. The summed E-state index contributed by atoms with van der Waals surface area (Å²) in [4.78, 5) is 113. The lowest BCUT2D eigenvalue weighted by Gasteiger charge is -2.19. The normalized spacial score (nSPS) is 10.6. The Balaban J connectivity index is 0.000000187. The van der Waals surface area contributed by atoms with Gasteiger partial charge in [-0.05, 0) is 205 Å². The van der Waals surface area contributed by atoms with E-state index in [2.05, 4.69) is 120 Å². The smallest absolute Gasteiger partial charge is 0.338 e. The number of Topliss-reactive ketones (excluding diaryl/α,β-unsaturated/α-hetero) is 1. The van der Waals surface area contributed by atoms with Crippen LogP contribution in [0.2, 0.25) is 0 Å². The second-order valence-electron chi connectivity index (χ2n) is 32.2. The topological polar surface area (TPSA) is 305 Å². The van der Waals surface area contributed by atoms with Gasteiger partial charge in [0.2, 0.25) is 0 Å². The van der Waals surface area contributed by atoms with Crippen LogP contribution in [-0.2, 0) is 73.3 Å². The van der Waals surface area contributed by atoms with Crippen LogP contribution < -0.4 is 42.8 Å². The first-order valence-corrected chi connectivity index (χ1v) is 46.5. The highest BCUT2D eigenvalue weighted by atomic mass is 16.7. The number of methoxy groups -OCH3 is 1. The van der Waals surface area contributed by atoms with Gasteiger partial charge in [0.1, 0.15) is 84.0 Å². The molecule has 0 radical (unpaired) electrons. The van der Waals surface area contributed by atoms with Crippen molar-refractivity contribution in [2.24, 2.45) is 0 Å². The average Bonchev–Trinajstić information content (AvgIpc) is 1.66. The minimum absolute atomic E-state index is 0.0382. The predicted octanol–water partition coefficient (Wildman–Crippen LogP) is 24.9. The number of carbonyl (C=O) groups excluding carboxylic acids is 10. The summed E-state index contributed by atoms with van der Waals surface area (Å²) in [5, 5.41) is 17.0. The number of benzene rings is 15. The Morgan fingerprint density at radius 1 is 0.322 bits per heavy atom. The number of anilines is 1. The molecule has 0 unspecified atom stereocenters. The lowest BCUT2D eigenvalue weighted by molar-refractivity contribution is -0.139. The van der Waals surface area contributed by atoms with Crippen molar-refractivity contribution in [3.05, 3.63) is 486 Å². The molecule has 15 aromatic rings. The van der Waals surface area contributed by atoms with Gasteiger partial charge < -0.3 is 66.8 Å². The van der Waals surface area contributed by atoms with Crippen molar-refractivity contribution in [1.82, 2.24) is 0 Å². The largest absolute Gasteiger partial charge is 0.508 e. The second-order valence-corrected chi connectivity index (χ2v) is 32.2. The zero-order chi connectivity index (χ0) is 107. The number of hydrogen-bond donors (Lipinski definition) is 1. The molecular formula is C125H113NO23. The van der Waals surface area contributed by atoms with Crippen molar-refractivity contribution in [3.63, 3.8) is 0 Å². The molecule has 15 aromatic carbocycles. The van der Waals surface area contributed by atoms with Gasteiger partial charge in [0.05, 0.1) is 0 Å². The number of phenols is 1. The van der Waals surface area contributed by atoms with Gasteiger partial charge >= 0.3 is 53.7 Å². The molecule has 0 saturated carbocycles. The molecule has 24 nitrogen and oxygen atoms in total. The van der Waals surface area contributed by atoms with Gasteiger partial charge in [-0.25, -0.2) is 43.2 Å². The molecule has 24 heteroatoms. The molecule has 149 heavy (non-hydrogen) atoms. The van der Waals surface area contributed by atoms with Crippen molar-refractivity contribution < 1.29 is 110 Å². The molecule has 0 heterocycles. The van der Waals surface area contributed by atoms with Crippen LogP contribution in [0, 0.1) is 0 Å². The van der Waals surface area contributed by atoms with E-state index in [1.165, 1.54) is 45.5 Å². The lowest BCUT2D eigenvalue weighted by Crippen LogP contribution is -2.14. The third kappa shape index (κ3) is 36.9. The quantitative estimate of drug-likeness (QED) is 0.0114. The van der Waals surface area contributed by atoms with Crippen molar-refractivity contribution in [2.45, 2.75) is 32.1 Å². The zero-order valence-electron chi connectivity index (χ0n) is 83.2. The monoisotopic (exact) mass is 2000 g/mol. The zero-order valence-corrected chi connectivity index (χ0v) is 83.2. The summed E-state index contributed by atoms with van der Waals surface area (Å²) in [5.41, 5.74) is 12.1. The van der Waals surface area contributed by atoms with Crippen LogP contribution in [0.1, 0.15) is 64.6 Å². The minimum Gasteiger partial charge on any atom is -0.508 e. The highest BCUT2D eigenvalue weighted by Crippen LogP contribution is 2.45. The number of rotatable bonds is 29. The number of para-hydroxylation sites is 3. The molecule has 2 aliphatic rings. The number of fused-ring (bicyclic) bond motifs is 9. The van der Waals surface area contributed by atoms with E-state index in [9.17, 15) is 53.1 Å². The summed E-state index contributed by atoms with van der Waals surface area (Å²) < 4.78 is 60.8. The molecule has 0 bridgehead atoms. The fourth-order valence-electron chi connectivity index (χ4n) is 14.4. The van der Waals surface area contributed by atoms with Crippen LogP contribution in [0.3, 0.4) is 0 Å². The van der Waals surface area contributed by atoms with Crippen LogP contribution in [-0.4, -0.2) is 119 Å². The van der Waals surface area contributed by atoms with Gasteiger partial charge in [-0.3, -0.25) is 4.79 Å². The molecule has 17 rings (SSSR count). The second kappa shape index (κ2) is 60.3. The number of esters is 9. The third-order valence-electron chi connectivity index (χ3n) is 21.3. The molecule has 0 atom stereocenters. The van der Waals surface area contributed by atoms with Gasteiger partial charge in [0, 0.05) is 110 Å².